The number of nitrogens with zero attached hydrogens (tertiary/aromatic N) is 3. The lowest BCUT2D eigenvalue weighted by Gasteiger charge is -2.19. The molecule has 1 amide bonds. The summed E-state index contributed by atoms with van der Waals surface area (Å²) in [7, 11) is 3.26. The van der Waals surface area contributed by atoms with Crippen molar-refractivity contribution < 1.29 is 19.0 Å². The van der Waals surface area contributed by atoms with Gasteiger partial charge in [0.15, 0.2) is 11.5 Å². The first-order valence-corrected chi connectivity index (χ1v) is 13.1. The number of imidazole rings is 1. The summed E-state index contributed by atoms with van der Waals surface area (Å²) in [6, 6.07) is 12.1. The normalized spacial score (nSPS) is 12.4. The molecular formula is C28H34N4O4S. The van der Waals surface area contributed by atoms with Crippen molar-refractivity contribution in [2.45, 2.75) is 52.2 Å². The monoisotopic (exact) mass is 522 g/mol. The molecular weight excluding hydrogens is 488 g/mol. The Hall–Kier alpha value is -3.59. The van der Waals surface area contributed by atoms with Crippen molar-refractivity contribution in [3.63, 3.8) is 0 Å². The molecule has 0 aliphatic rings. The molecule has 0 aliphatic heterocycles. The summed E-state index contributed by atoms with van der Waals surface area (Å²) in [6.07, 6.45) is 4.93. The second-order valence-corrected chi connectivity index (χ2v) is 10.8. The third kappa shape index (κ3) is 6.40. The summed E-state index contributed by atoms with van der Waals surface area (Å²) in [4.78, 5) is 21.6. The topological polar surface area (TPSA) is 87.5 Å². The SMILES string of the molecule is CCc1ccc2nc(C(c3ccc(OC)c(OC)c3)n3cnc(CCNC(=O)OC(C)(C)C)c3)sc2c1. The van der Waals surface area contributed by atoms with Crippen LogP contribution in [0.15, 0.2) is 48.9 Å². The molecule has 2 heterocycles. The highest BCUT2D eigenvalue weighted by Gasteiger charge is 2.23. The van der Waals surface area contributed by atoms with Crippen molar-refractivity contribution in [1.29, 1.82) is 0 Å². The highest BCUT2D eigenvalue weighted by molar-refractivity contribution is 7.18. The Balaban J connectivity index is 1.64. The Labute approximate surface area is 221 Å². The number of benzene rings is 2. The second-order valence-electron chi connectivity index (χ2n) is 9.72. The number of carbonyl (C=O) groups excluding carboxylic acids is 1. The quantitative estimate of drug-likeness (QED) is 0.300. The van der Waals surface area contributed by atoms with E-state index >= 15 is 0 Å². The lowest BCUT2D eigenvalue weighted by Crippen LogP contribution is -2.33. The maximum atomic E-state index is 12.0. The average molecular weight is 523 g/mol. The number of nitrogens with one attached hydrogen (secondary N) is 1. The van der Waals surface area contributed by atoms with Gasteiger partial charge in [0.2, 0.25) is 0 Å². The van der Waals surface area contributed by atoms with E-state index in [2.05, 4.69) is 40.0 Å². The molecule has 196 valence electrons. The van der Waals surface area contributed by atoms with Gasteiger partial charge in [-0.1, -0.05) is 19.1 Å². The van der Waals surface area contributed by atoms with Crippen LogP contribution >= 0.6 is 11.3 Å². The molecule has 0 saturated carbocycles. The number of alkyl carbamates (subject to hydrolysis) is 1. The lowest BCUT2D eigenvalue weighted by molar-refractivity contribution is 0.0528. The van der Waals surface area contributed by atoms with E-state index < -0.39 is 11.7 Å². The minimum Gasteiger partial charge on any atom is -0.493 e. The first-order valence-electron chi connectivity index (χ1n) is 12.3. The summed E-state index contributed by atoms with van der Waals surface area (Å²) in [5, 5.41) is 3.74. The number of hydrogen-bond donors (Lipinski definition) is 1. The number of carbonyl (C=O) groups is 1. The molecule has 1 atom stereocenters. The number of fused-ring (bicyclic) bond motifs is 1. The summed E-state index contributed by atoms with van der Waals surface area (Å²) in [5.74, 6) is 1.32. The predicted octanol–water partition coefficient (Wildman–Crippen LogP) is 5.78. The number of aromatic nitrogens is 3. The third-order valence-corrected chi connectivity index (χ3v) is 6.91. The van der Waals surface area contributed by atoms with Gasteiger partial charge in [0.05, 0.1) is 36.5 Å². The molecule has 1 unspecified atom stereocenters. The highest BCUT2D eigenvalue weighted by Crippen LogP contribution is 2.37. The van der Waals surface area contributed by atoms with Gasteiger partial charge in [-0.3, -0.25) is 0 Å². The van der Waals surface area contributed by atoms with Gasteiger partial charge in [0.25, 0.3) is 0 Å². The first kappa shape index (κ1) is 26.5. The van der Waals surface area contributed by atoms with Gasteiger partial charge in [-0.05, 0) is 62.6 Å². The number of amides is 1. The van der Waals surface area contributed by atoms with Crippen LogP contribution in [0, 0.1) is 0 Å². The predicted molar refractivity (Wildman–Crippen MR) is 146 cm³/mol. The molecule has 37 heavy (non-hydrogen) atoms. The smallest absolute Gasteiger partial charge is 0.407 e. The Morgan fingerprint density at radius 1 is 1.11 bits per heavy atom. The first-order chi connectivity index (χ1) is 17.7. The van der Waals surface area contributed by atoms with Crippen LogP contribution in [0.3, 0.4) is 0 Å². The number of aryl methyl sites for hydroxylation is 1. The van der Waals surface area contributed by atoms with Crippen LogP contribution < -0.4 is 14.8 Å². The molecule has 4 rings (SSSR count). The van der Waals surface area contributed by atoms with Gasteiger partial charge < -0.3 is 24.1 Å². The van der Waals surface area contributed by atoms with Gasteiger partial charge in [-0.25, -0.2) is 14.8 Å². The number of rotatable bonds is 9. The van der Waals surface area contributed by atoms with E-state index in [0.29, 0.717) is 24.5 Å². The highest BCUT2D eigenvalue weighted by atomic mass is 32.1. The fourth-order valence-corrected chi connectivity index (χ4v) is 5.21. The van der Waals surface area contributed by atoms with Crippen LogP contribution in [-0.4, -0.2) is 47.0 Å². The van der Waals surface area contributed by atoms with Gasteiger partial charge in [0.1, 0.15) is 16.7 Å². The molecule has 2 aromatic heterocycles. The average Bonchev–Trinajstić information content (AvgIpc) is 3.49. The zero-order valence-electron chi connectivity index (χ0n) is 22.2. The molecule has 0 bridgehead atoms. The molecule has 9 heteroatoms. The van der Waals surface area contributed by atoms with Crippen LogP contribution in [0.1, 0.15) is 55.6 Å². The standard InChI is InChI=1S/C28H34N4O4S/c1-7-18-8-10-21-24(14-18)37-26(31-21)25(19-9-11-22(34-5)23(15-19)35-6)32-16-20(30-17-32)12-13-29-27(33)36-28(2,3)4/h8-11,14-17,25H,7,12-13H2,1-6H3,(H,29,33). The van der Waals surface area contributed by atoms with E-state index in [0.717, 1.165) is 32.9 Å². The zero-order chi connectivity index (χ0) is 26.6. The van der Waals surface area contributed by atoms with E-state index in [4.69, 9.17) is 19.2 Å². The molecule has 0 saturated heterocycles. The minimum atomic E-state index is -0.534. The number of methoxy groups -OCH3 is 2. The van der Waals surface area contributed by atoms with Crippen molar-refractivity contribution >= 4 is 27.6 Å². The Bertz CT molecular complexity index is 1370. The van der Waals surface area contributed by atoms with E-state index in [1.54, 1.807) is 25.6 Å². The Morgan fingerprint density at radius 2 is 1.89 bits per heavy atom. The third-order valence-electron chi connectivity index (χ3n) is 5.84. The summed E-state index contributed by atoms with van der Waals surface area (Å²) in [6.45, 7) is 8.10. The second kappa shape index (κ2) is 11.2. The van der Waals surface area contributed by atoms with Crippen LogP contribution in [0.4, 0.5) is 4.79 Å². The van der Waals surface area contributed by atoms with Crippen molar-refractivity contribution in [1.82, 2.24) is 19.9 Å². The van der Waals surface area contributed by atoms with Gasteiger partial charge in [0, 0.05) is 19.2 Å². The van der Waals surface area contributed by atoms with Crippen molar-refractivity contribution in [3.05, 3.63) is 70.8 Å². The summed E-state index contributed by atoms with van der Waals surface area (Å²) < 4.78 is 19.6. The van der Waals surface area contributed by atoms with Gasteiger partial charge in [-0.15, -0.1) is 11.3 Å². The molecule has 0 fully saturated rings. The van der Waals surface area contributed by atoms with E-state index in [-0.39, 0.29) is 6.04 Å². The minimum absolute atomic E-state index is 0.206. The number of ether oxygens (including phenoxy) is 3. The largest absolute Gasteiger partial charge is 0.493 e. The van der Waals surface area contributed by atoms with Crippen LogP contribution in [0.5, 0.6) is 11.5 Å². The summed E-state index contributed by atoms with van der Waals surface area (Å²) >= 11 is 1.68. The lowest BCUT2D eigenvalue weighted by atomic mass is 10.1. The molecule has 0 aliphatic carbocycles. The Kier molecular flexibility index (Phi) is 8.02. The molecule has 0 spiro atoms. The van der Waals surface area contributed by atoms with Crippen molar-refractivity contribution in [2.24, 2.45) is 0 Å². The summed E-state index contributed by atoms with van der Waals surface area (Å²) in [5.41, 5.74) is 3.59. The Morgan fingerprint density at radius 3 is 2.59 bits per heavy atom. The maximum absolute atomic E-state index is 12.0. The molecule has 4 aromatic rings. The van der Waals surface area contributed by atoms with Crippen LogP contribution in [-0.2, 0) is 17.6 Å². The molecule has 1 N–H and O–H groups in total. The van der Waals surface area contributed by atoms with E-state index in [1.807, 2.05) is 51.5 Å². The van der Waals surface area contributed by atoms with E-state index in [9.17, 15) is 4.79 Å². The van der Waals surface area contributed by atoms with Gasteiger partial charge in [-0.2, -0.15) is 0 Å². The van der Waals surface area contributed by atoms with Crippen molar-refractivity contribution in [3.8, 4) is 11.5 Å². The number of thiazole rings is 1. The molecule has 0 radical (unpaired) electrons. The number of hydrogen-bond acceptors (Lipinski definition) is 7. The van der Waals surface area contributed by atoms with Crippen LogP contribution in [0.25, 0.3) is 10.2 Å². The van der Waals surface area contributed by atoms with Crippen molar-refractivity contribution in [2.75, 3.05) is 20.8 Å². The zero-order valence-corrected chi connectivity index (χ0v) is 23.0. The maximum Gasteiger partial charge on any atom is 0.407 e. The fourth-order valence-electron chi connectivity index (χ4n) is 4.05. The molecule has 2 aromatic carbocycles. The van der Waals surface area contributed by atoms with Gasteiger partial charge >= 0.3 is 6.09 Å². The molecule has 8 nitrogen and oxygen atoms in total. The fraction of sp³-hybridized carbons (Fsp3) is 0.393. The van der Waals surface area contributed by atoms with Crippen LogP contribution in [0.2, 0.25) is 0 Å². The van der Waals surface area contributed by atoms with E-state index in [1.165, 1.54) is 5.56 Å².